The first-order chi connectivity index (χ1) is 12.1. The van der Waals surface area contributed by atoms with E-state index in [0.29, 0.717) is 6.42 Å². The average Bonchev–Trinajstić information content (AvgIpc) is 3.04. The molecule has 25 heavy (non-hydrogen) atoms. The number of nitrogens with zero attached hydrogens (tertiary/aromatic N) is 2. The maximum Gasteiger partial charge on any atom is 0.228 e. The first-order valence-electron chi connectivity index (χ1n) is 9.18. The van der Waals surface area contributed by atoms with E-state index in [9.17, 15) is 4.79 Å². The highest BCUT2D eigenvalue weighted by molar-refractivity contribution is 7.22. The summed E-state index contributed by atoms with van der Waals surface area (Å²) >= 11 is 1.63. The number of anilines is 1. The fourth-order valence-electron chi connectivity index (χ4n) is 3.19. The molecule has 0 aliphatic carbocycles. The highest BCUT2D eigenvalue weighted by atomic mass is 32.1. The second-order valence-electron chi connectivity index (χ2n) is 6.76. The van der Waals surface area contributed by atoms with Crippen LogP contribution in [0.2, 0.25) is 0 Å². The summed E-state index contributed by atoms with van der Waals surface area (Å²) in [5.74, 6) is 0.184. The number of hydrogen-bond acceptors (Lipinski definition) is 4. The van der Waals surface area contributed by atoms with Crippen LogP contribution in [-0.2, 0) is 9.53 Å². The number of thiazole rings is 1. The van der Waals surface area contributed by atoms with Gasteiger partial charge in [0, 0.05) is 6.42 Å². The van der Waals surface area contributed by atoms with E-state index in [2.05, 4.69) is 32.9 Å². The van der Waals surface area contributed by atoms with Gasteiger partial charge in [0.25, 0.3) is 0 Å². The molecule has 2 aromatic rings. The molecule has 1 aliphatic heterocycles. The van der Waals surface area contributed by atoms with E-state index in [1.165, 1.54) is 16.0 Å². The molecule has 1 aromatic carbocycles. The molecule has 1 amide bonds. The van der Waals surface area contributed by atoms with Crippen LogP contribution in [0.25, 0.3) is 10.2 Å². The fraction of sp³-hybridized carbons (Fsp3) is 0.579. The Morgan fingerprint density at radius 2 is 2.08 bits per heavy atom. The van der Waals surface area contributed by atoms with E-state index in [-0.39, 0.29) is 5.91 Å². The van der Waals surface area contributed by atoms with E-state index >= 15 is 0 Å². The van der Waals surface area contributed by atoms with Crippen LogP contribution in [0.15, 0.2) is 12.1 Å². The van der Waals surface area contributed by atoms with Crippen LogP contribution in [0.3, 0.4) is 0 Å². The minimum atomic E-state index is 0.184. The van der Waals surface area contributed by atoms with Gasteiger partial charge in [-0.3, -0.25) is 9.69 Å². The van der Waals surface area contributed by atoms with Crippen LogP contribution in [0.5, 0.6) is 0 Å². The van der Waals surface area contributed by atoms with Crippen molar-refractivity contribution in [3.63, 3.8) is 0 Å². The molecule has 6 heteroatoms. The molecule has 0 radical (unpaired) electrons. The van der Waals surface area contributed by atoms with E-state index in [1.807, 2.05) is 4.90 Å². The summed E-state index contributed by atoms with van der Waals surface area (Å²) in [5.41, 5.74) is 3.49. The molecule has 1 aliphatic rings. The molecule has 1 aromatic heterocycles. The highest BCUT2D eigenvalue weighted by Crippen LogP contribution is 2.32. The summed E-state index contributed by atoms with van der Waals surface area (Å²) in [6.07, 6.45) is 1.44. The summed E-state index contributed by atoms with van der Waals surface area (Å²) in [4.78, 5) is 21.0. The van der Waals surface area contributed by atoms with Crippen LogP contribution in [-0.4, -0.2) is 50.3 Å². The van der Waals surface area contributed by atoms with Gasteiger partial charge in [-0.1, -0.05) is 24.3 Å². The Morgan fingerprint density at radius 1 is 1.32 bits per heavy atom. The number of nitrogens with one attached hydrogen (secondary N) is 1. The molecule has 0 atom stereocenters. The number of amides is 1. The minimum Gasteiger partial charge on any atom is -0.370 e. The van der Waals surface area contributed by atoms with Crippen molar-refractivity contribution in [3.05, 3.63) is 23.3 Å². The Morgan fingerprint density at radius 3 is 2.80 bits per heavy atom. The standard InChI is InChI=1S/C19H27N3O2S/c1-4-5-17(23)22(9-8-21-10-12-24-13-11-21)19-20-18-15(3)14(2)6-7-16(18)25-19/h6-7H,4-5,8-13H2,1-3H3/p+1. The SMILES string of the molecule is CCCC(=O)N(CC[NH+]1CCOCC1)c1nc2c(C)c(C)ccc2s1. The van der Waals surface area contributed by atoms with Crippen molar-refractivity contribution in [2.45, 2.75) is 33.6 Å². The number of hydrogen-bond donors (Lipinski definition) is 1. The molecule has 3 rings (SSSR count). The topological polar surface area (TPSA) is 46.9 Å². The lowest BCUT2D eigenvalue weighted by atomic mass is 10.1. The van der Waals surface area contributed by atoms with E-state index in [1.54, 1.807) is 11.3 Å². The number of benzene rings is 1. The Bertz CT molecular complexity index is 738. The molecule has 1 N–H and O–H groups in total. The molecular formula is C19H28N3O2S+. The van der Waals surface area contributed by atoms with Crippen molar-refractivity contribution < 1.29 is 14.4 Å². The van der Waals surface area contributed by atoms with Gasteiger partial charge in [0.2, 0.25) is 5.91 Å². The Labute approximate surface area is 153 Å². The maximum atomic E-state index is 12.7. The first-order valence-corrected chi connectivity index (χ1v) is 10.00. The van der Waals surface area contributed by atoms with Gasteiger partial charge in [-0.15, -0.1) is 0 Å². The molecule has 0 spiro atoms. The van der Waals surface area contributed by atoms with Crippen LogP contribution in [0, 0.1) is 13.8 Å². The van der Waals surface area contributed by atoms with Crippen molar-refractivity contribution in [2.24, 2.45) is 0 Å². The van der Waals surface area contributed by atoms with Gasteiger partial charge in [0.1, 0.15) is 13.1 Å². The van der Waals surface area contributed by atoms with Gasteiger partial charge >= 0.3 is 0 Å². The summed E-state index contributed by atoms with van der Waals surface area (Å²) in [6, 6.07) is 4.25. The number of aromatic nitrogens is 1. The number of ether oxygens (including phenoxy) is 1. The summed E-state index contributed by atoms with van der Waals surface area (Å²) in [7, 11) is 0. The molecule has 0 bridgehead atoms. The second kappa shape index (κ2) is 8.25. The number of carbonyl (C=O) groups excluding carboxylic acids is 1. The van der Waals surface area contributed by atoms with Crippen molar-refractivity contribution in [2.75, 3.05) is 44.3 Å². The summed E-state index contributed by atoms with van der Waals surface area (Å²) in [6.45, 7) is 11.6. The first kappa shape index (κ1) is 18.3. The maximum absolute atomic E-state index is 12.7. The van der Waals surface area contributed by atoms with Gasteiger partial charge in [0.05, 0.1) is 36.5 Å². The molecule has 136 valence electrons. The molecular weight excluding hydrogens is 334 g/mol. The quantitative estimate of drug-likeness (QED) is 0.855. The molecule has 1 fully saturated rings. The van der Waals surface area contributed by atoms with Gasteiger partial charge in [-0.05, 0) is 37.5 Å². The fourth-order valence-corrected chi connectivity index (χ4v) is 4.25. The second-order valence-corrected chi connectivity index (χ2v) is 7.77. The number of quaternary nitrogens is 1. The van der Waals surface area contributed by atoms with Crippen LogP contribution >= 0.6 is 11.3 Å². The summed E-state index contributed by atoms with van der Waals surface area (Å²) < 4.78 is 6.59. The van der Waals surface area contributed by atoms with E-state index in [0.717, 1.165) is 61.2 Å². The molecule has 5 nitrogen and oxygen atoms in total. The number of rotatable bonds is 6. The van der Waals surface area contributed by atoms with Crippen molar-refractivity contribution in [1.29, 1.82) is 0 Å². The largest absolute Gasteiger partial charge is 0.370 e. The van der Waals surface area contributed by atoms with Gasteiger partial charge < -0.3 is 9.64 Å². The molecule has 1 saturated heterocycles. The van der Waals surface area contributed by atoms with E-state index < -0.39 is 0 Å². The van der Waals surface area contributed by atoms with Crippen molar-refractivity contribution in [1.82, 2.24) is 4.98 Å². The highest BCUT2D eigenvalue weighted by Gasteiger charge is 2.22. The van der Waals surface area contributed by atoms with Crippen molar-refractivity contribution >= 4 is 32.6 Å². The zero-order valence-electron chi connectivity index (χ0n) is 15.4. The molecule has 0 unspecified atom stereocenters. The van der Waals surface area contributed by atoms with Gasteiger partial charge in [-0.25, -0.2) is 4.98 Å². The van der Waals surface area contributed by atoms with E-state index in [4.69, 9.17) is 9.72 Å². The smallest absolute Gasteiger partial charge is 0.228 e. The third kappa shape index (κ3) is 4.19. The number of fused-ring (bicyclic) bond motifs is 1. The summed E-state index contributed by atoms with van der Waals surface area (Å²) in [5, 5.41) is 0.842. The van der Waals surface area contributed by atoms with Crippen LogP contribution in [0.1, 0.15) is 30.9 Å². The third-order valence-corrected chi connectivity index (χ3v) is 6.00. The number of aryl methyl sites for hydroxylation is 2. The molecule has 2 heterocycles. The Hall–Kier alpha value is -1.50. The normalized spacial score (nSPS) is 15.6. The number of morpholine rings is 1. The predicted molar refractivity (Wildman–Crippen MR) is 103 cm³/mol. The third-order valence-electron chi connectivity index (χ3n) is 4.96. The lowest BCUT2D eigenvalue weighted by molar-refractivity contribution is -0.906. The van der Waals surface area contributed by atoms with Gasteiger partial charge in [-0.2, -0.15) is 0 Å². The van der Waals surface area contributed by atoms with Crippen LogP contribution < -0.4 is 9.80 Å². The van der Waals surface area contributed by atoms with Crippen molar-refractivity contribution in [3.8, 4) is 0 Å². The monoisotopic (exact) mass is 362 g/mol. The Kier molecular flexibility index (Phi) is 6.04. The lowest BCUT2D eigenvalue weighted by Gasteiger charge is -2.26. The predicted octanol–water partition coefficient (Wildman–Crippen LogP) is 1.96. The van der Waals surface area contributed by atoms with Crippen LogP contribution in [0.4, 0.5) is 5.13 Å². The Balaban J connectivity index is 1.83. The van der Waals surface area contributed by atoms with Gasteiger partial charge in [0.15, 0.2) is 5.13 Å². The minimum absolute atomic E-state index is 0.184. The zero-order valence-corrected chi connectivity index (χ0v) is 16.2. The average molecular weight is 363 g/mol. The lowest BCUT2D eigenvalue weighted by Crippen LogP contribution is -3.14. The number of carbonyl (C=O) groups is 1. The zero-order chi connectivity index (χ0) is 17.8. The molecule has 0 saturated carbocycles.